The fraction of sp³-hybridized carbons (Fsp3) is 0. The number of hydrogen-bond acceptors (Lipinski definition) is 2. The van der Waals surface area contributed by atoms with Gasteiger partial charge in [-0.2, -0.15) is 0 Å². The van der Waals surface area contributed by atoms with Crippen LogP contribution in [0.1, 0.15) is 0 Å². The molecule has 0 unspecified atom stereocenters. The maximum atomic E-state index is 12.5. The molecule has 0 atom stereocenters. The van der Waals surface area contributed by atoms with Gasteiger partial charge < -0.3 is 4.52 Å². The third-order valence-electron chi connectivity index (χ3n) is 1.40. The molecule has 0 aliphatic carbocycles. The van der Waals surface area contributed by atoms with Crippen LogP contribution in [0.4, 0.5) is 4.39 Å². The monoisotopic (exact) mass is 215 g/mol. The van der Waals surface area contributed by atoms with E-state index in [-0.39, 0.29) is 5.82 Å². The third kappa shape index (κ3) is 1.03. The predicted molar refractivity (Wildman–Crippen MR) is 41.7 cm³/mol. The Morgan fingerprint density at radius 1 is 1.45 bits per heavy atom. The molecule has 2 nitrogen and oxygen atoms in total. The zero-order valence-corrected chi connectivity index (χ0v) is 6.93. The summed E-state index contributed by atoms with van der Waals surface area (Å²) >= 11 is 3.14. The summed E-state index contributed by atoms with van der Waals surface area (Å²) in [5.41, 5.74) is 0.525. The summed E-state index contributed by atoms with van der Waals surface area (Å²) in [7, 11) is 0. The summed E-state index contributed by atoms with van der Waals surface area (Å²) < 4.78 is 17.9. The molecule has 2 aromatic rings. The number of benzene rings is 1. The Kier molecular flexibility index (Phi) is 1.42. The Labute approximate surface area is 70.1 Å². The lowest BCUT2D eigenvalue weighted by atomic mass is 10.2. The van der Waals surface area contributed by atoms with Crippen molar-refractivity contribution in [3.05, 3.63) is 28.7 Å². The first-order valence-electron chi connectivity index (χ1n) is 2.98. The van der Waals surface area contributed by atoms with Crippen molar-refractivity contribution in [1.82, 2.24) is 5.16 Å². The summed E-state index contributed by atoms with van der Waals surface area (Å²) in [5, 5.41) is 4.40. The van der Waals surface area contributed by atoms with Crippen LogP contribution < -0.4 is 0 Å². The molecule has 0 aliphatic rings. The molecule has 0 aliphatic heterocycles. The zero-order valence-electron chi connectivity index (χ0n) is 5.34. The van der Waals surface area contributed by atoms with Gasteiger partial charge in [0.15, 0.2) is 0 Å². The summed E-state index contributed by atoms with van der Waals surface area (Å²) in [5.74, 6) is -0.307. The van der Waals surface area contributed by atoms with Crippen LogP contribution in [0.25, 0.3) is 10.9 Å². The van der Waals surface area contributed by atoms with Gasteiger partial charge in [0.25, 0.3) is 0 Å². The highest BCUT2D eigenvalue weighted by Crippen LogP contribution is 2.23. The Morgan fingerprint density at radius 3 is 3.09 bits per heavy atom. The number of aromatic nitrogens is 1. The first-order valence-corrected chi connectivity index (χ1v) is 3.77. The van der Waals surface area contributed by atoms with Crippen LogP contribution in [0.5, 0.6) is 0 Å². The van der Waals surface area contributed by atoms with Crippen molar-refractivity contribution < 1.29 is 8.91 Å². The molecule has 1 aromatic heterocycles. The van der Waals surface area contributed by atoms with Gasteiger partial charge in [0.2, 0.25) is 4.67 Å². The van der Waals surface area contributed by atoms with Crippen molar-refractivity contribution in [2.24, 2.45) is 0 Å². The summed E-state index contributed by atoms with van der Waals surface area (Å²) in [6.45, 7) is 0. The topological polar surface area (TPSA) is 26.0 Å². The van der Waals surface area contributed by atoms with E-state index >= 15 is 0 Å². The summed E-state index contributed by atoms with van der Waals surface area (Å²) in [4.78, 5) is 0. The number of fused-ring (bicyclic) bond motifs is 1. The minimum Gasteiger partial charge on any atom is -0.348 e. The SMILES string of the molecule is Fc1ccc2c(Br)onc2c1. The molecule has 0 N–H and O–H groups in total. The number of halogens is 2. The molecule has 1 aromatic carbocycles. The van der Waals surface area contributed by atoms with Gasteiger partial charge >= 0.3 is 0 Å². The van der Waals surface area contributed by atoms with Gasteiger partial charge in [-0.1, -0.05) is 5.16 Å². The van der Waals surface area contributed by atoms with Crippen LogP contribution in [0.15, 0.2) is 27.4 Å². The second-order valence-corrected chi connectivity index (χ2v) is 2.84. The lowest BCUT2D eigenvalue weighted by Crippen LogP contribution is -1.71. The van der Waals surface area contributed by atoms with Crippen LogP contribution >= 0.6 is 15.9 Å². The molecule has 56 valence electrons. The fourth-order valence-electron chi connectivity index (χ4n) is 0.885. The molecule has 11 heavy (non-hydrogen) atoms. The van der Waals surface area contributed by atoms with Gasteiger partial charge in [-0.25, -0.2) is 4.39 Å². The van der Waals surface area contributed by atoms with Crippen molar-refractivity contribution in [2.75, 3.05) is 0 Å². The highest BCUT2D eigenvalue weighted by Gasteiger charge is 2.04. The summed E-state index contributed by atoms with van der Waals surface area (Å²) in [6, 6.07) is 4.30. The minimum absolute atomic E-state index is 0.307. The number of nitrogens with zero attached hydrogens (tertiary/aromatic N) is 1. The van der Waals surface area contributed by atoms with Crippen LogP contribution in [0.2, 0.25) is 0 Å². The average Bonchev–Trinajstić information content (AvgIpc) is 2.32. The molecule has 0 saturated heterocycles. The molecule has 0 bridgehead atoms. The molecule has 4 heteroatoms. The molecular formula is C7H3BrFNO. The van der Waals surface area contributed by atoms with Crippen LogP contribution in [-0.2, 0) is 0 Å². The second kappa shape index (κ2) is 2.30. The van der Waals surface area contributed by atoms with Crippen molar-refractivity contribution in [1.29, 1.82) is 0 Å². The van der Waals surface area contributed by atoms with E-state index in [4.69, 9.17) is 4.52 Å². The van der Waals surface area contributed by atoms with E-state index < -0.39 is 0 Å². The van der Waals surface area contributed by atoms with Crippen LogP contribution in [-0.4, -0.2) is 5.16 Å². The number of rotatable bonds is 0. The Hall–Kier alpha value is -0.900. The van der Waals surface area contributed by atoms with E-state index in [0.29, 0.717) is 10.2 Å². The lowest BCUT2D eigenvalue weighted by molar-refractivity contribution is 0.408. The van der Waals surface area contributed by atoms with E-state index in [0.717, 1.165) is 5.39 Å². The molecule has 0 spiro atoms. The van der Waals surface area contributed by atoms with Crippen molar-refractivity contribution in [2.45, 2.75) is 0 Å². The minimum atomic E-state index is -0.307. The maximum absolute atomic E-state index is 12.5. The average molecular weight is 216 g/mol. The second-order valence-electron chi connectivity index (χ2n) is 2.12. The van der Waals surface area contributed by atoms with Gasteiger partial charge in [0.05, 0.1) is 5.39 Å². The van der Waals surface area contributed by atoms with Gasteiger partial charge in [-0.05, 0) is 28.1 Å². The highest BCUT2D eigenvalue weighted by molar-refractivity contribution is 9.10. The zero-order chi connectivity index (χ0) is 7.84. The number of hydrogen-bond donors (Lipinski definition) is 0. The quantitative estimate of drug-likeness (QED) is 0.676. The Bertz CT molecular complexity index is 398. The normalized spacial score (nSPS) is 10.7. The van der Waals surface area contributed by atoms with Crippen molar-refractivity contribution in [3.8, 4) is 0 Å². The molecule has 0 fully saturated rings. The Morgan fingerprint density at radius 2 is 2.27 bits per heavy atom. The van der Waals surface area contributed by atoms with E-state index in [1.165, 1.54) is 12.1 Å². The van der Waals surface area contributed by atoms with Crippen molar-refractivity contribution >= 4 is 26.8 Å². The van der Waals surface area contributed by atoms with Gasteiger partial charge in [-0.15, -0.1) is 0 Å². The van der Waals surface area contributed by atoms with E-state index in [1.807, 2.05) is 0 Å². The van der Waals surface area contributed by atoms with Gasteiger partial charge in [-0.3, -0.25) is 0 Å². The van der Waals surface area contributed by atoms with Crippen molar-refractivity contribution in [3.63, 3.8) is 0 Å². The van der Waals surface area contributed by atoms with Crippen LogP contribution in [0.3, 0.4) is 0 Å². The first-order chi connectivity index (χ1) is 5.27. The van der Waals surface area contributed by atoms with E-state index in [2.05, 4.69) is 21.1 Å². The molecule has 0 saturated carbocycles. The van der Waals surface area contributed by atoms with Crippen LogP contribution in [0, 0.1) is 5.82 Å². The van der Waals surface area contributed by atoms with E-state index in [9.17, 15) is 4.39 Å². The third-order valence-corrected chi connectivity index (χ3v) is 1.97. The Balaban J connectivity index is 2.86. The maximum Gasteiger partial charge on any atom is 0.209 e. The fourth-order valence-corrected chi connectivity index (χ4v) is 1.29. The largest absolute Gasteiger partial charge is 0.348 e. The molecule has 0 radical (unpaired) electrons. The lowest BCUT2D eigenvalue weighted by Gasteiger charge is -1.85. The smallest absolute Gasteiger partial charge is 0.209 e. The first kappa shape index (κ1) is 6.79. The standard InChI is InChI=1S/C7H3BrFNO/c8-7-5-2-1-4(9)3-6(5)10-11-7/h1-3H. The molecular weight excluding hydrogens is 213 g/mol. The molecule has 2 rings (SSSR count). The highest BCUT2D eigenvalue weighted by atomic mass is 79.9. The predicted octanol–water partition coefficient (Wildman–Crippen LogP) is 2.73. The van der Waals surface area contributed by atoms with Gasteiger partial charge in [0.1, 0.15) is 11.3 Å². The molecule has 1 heterocycles. The molecule has 0 amide bonds. The van der Waals surface area contributed by atoms with Gasteiger partial charge in [0, 0.05) is 6.07 Å². The summed E-state index contributed by atoms with van der Waals surface area (Å²) in [6.07, 6.45) is 0. The van der Waals surface area contributed by atoms with E-state index in [1.54, 1.807) is 6.07 Å².